The first-order valence-electron chi connectivity index (χ1n) is 19.0. The van der Waals surface area contributed by atoms with Crippen molar-refractivity contribution in [2.24, 2.45) is 18.5 Å². The number of unbranched alkanes of at least 4 members (excludes halogenated alkanes) is 1. The van der Waals surface area contributed by atoms with Gasteiger partial charge in [0.15, 0.2) is 0 Å². The zero-order chi connectivity index (χ0) is 38.9. The third-order valence-corrected chi connectivity index (χ3v) is 12.0. The second-order valence-electron chi connectivity index (χ2n) is 14.3. The van der Waals surface area contributed by atoms with Crippen LogP contribution in [-0.2, 0) is 40.9 Å². The minimum absolute atomic E-state index is 0.161. The van der Waals surface area contributed by atoms with Crippen molar-refractivity contribution in [3.63, 3.8) is 0 Å². The van der Waals surface area contributed by atoms with Crippen LogP contribution in [0.5, 0.6) is 0 Å². The standard InChI is InChI=1S/C42H51ClN8O3S/c1-50-25-36(48-26-50)30-20-31-24-47-41(53)37(22-28-17-16-27-10-3-5-12-32(27)28)51(2)42(54)35(13-7-8-18-44)49-40(52)34(14-9-19-45)46-23-29-11-4-6-15-38(29)55-39(31)33(43)21-30/h3-6,10-12,15,17,20-21,25-26,34-35,37,46H,7-9,13-14,16,18-19,22-24,44-45H2,1-2H3,(H,47,53)(H,49,52)/t34-,35-,37-/m0/s1. The van der Waals surface area contributed by atoms with E-state index in [0.717, 1.165) is 49.7 Å². The summed E-state index contributed by atoms with van der Waals surface area (Å²) >= 11 is 8.63. The Kier molecular flexibility index (Phi) is 13.8. The van der Waals surface area contributed by atoms with Gasteiger partial charge in [-0.2, -0.15) is 0 Å². The van der Waals surface area contributed by atoms with E-state index in [2.05, 4.69) is 39.1 Å². The fraction of sp³-hybridized carbons (Fsp3) is 0.381. The van der Waals surface area contributed by atoms with Gasteiger partial charge in [0.05, 0.1) is 23.1 Å². The lowest BCUT2D eigenvalue weighted by Crippen LogP contribution is -2.56. The van der Waals surface area contributed by atoms with E-state index in [0.29, 0.717) is 63.2 Å². The fourth-order valence-electron chi connectivity index (χ4n) is 7.23. The largest absolute Gasteiger partial charge is 0.350 e. The van der Waals surface area contributed by atoms with Crippen molar-refractivity contribution >= 4 is 46.7 Å². The fourth-order valence-corrected chi connectivity index (χ4v) is 8.64. The highest BCUT2D eigenvalue weighted by molar-refractivity contribution is 7.99. The van der Waals surface area contributed by atoms with E-state index in [1.165, 1.54) is 22.2 Å². The number of likely N-dealkylation sites (N-methyl/N-ethyl adjacent to an activating group) is 1. The smallest absolute Gasteiger partial charge is 0.245 e. The number of imidazole rings is 1. The predicted molar refractivity (Wildman–Crippen MR) is 219 cm³/mol. The minimum Gasteiger partial charge on any atom is -0.350 e. The Hall–Kier alpha value is -4.46. The molecule has 290 valence electrons. The van der Waals surface area contributed by atoms with Crippen molar-refractivity contribution in [1.82, 2.24) is 30.4 Å². The normalized spacial score (nSPS) is 19.5. The molecule has 0 bridgehead atoms. The molecule has 13 heteroatoms. The lowest BCUT2D eigenvalue weighted by atomic mass is 9.97. The summed E-state index contributed by atoms with van der Waals surface area (Å²) in [5.74, 6) is -0.928. The summed E-state index contributed by atoms with van der Waals surface area (Å²) < 4.78 is 1.88. The van der Waals surface area contributed by atoms with Crippen LogP contribution in [0.4, 0.5) is 0 Å². The Morgan fingerprint density at radius 2 is 1.62 bits per heavy atom. The molecule has 1 aliphatic heterocycles. The van der Waals surface area contributed by atoms with Gasteiger partial charge in [-0.05, 0) is 97.6 Å². The molecule has 11 nitrogen and oxygen atoms in total. The number of nitrogens with one attached hydrogen (secondary N) is 3. The summed E-state index contributed by atoms with van der Waals surface area (Å²) in [5, 5.41) is 10.3. The number of carbonyl (C=O) groups excluding carboxylic acids is 3. The number of allylic oxidation sites excluding steroid dienone is 1. The third kappa shape index (κ3) is 9.86. The zero-order valence-corrected chi connectivity index (χ0v) is 33.1. The molecule has 0 fully saturated rings. The van der Waals surface area contributed by atoms with Gasteiger partial charge in [-0.1, -0.05) is 71.9 Å². The van der Waals surface area contributed by atoms with Crippen LogP contribution in [0.25, 0.3) is 16.8 Å². The van der Waals surface area contributed by atoms with Gasteiger partial charge >= 0.3 is 0 Å². The average molecular weight is 783 g/mol. The second kappa shape index (κ2) is 18.9. The van der Waals surface area contributed by atoms with Gasteiger partial charge in [0.2, 0.25) is 17.7 Å². The van der Waals surface area contributed by atoms with Crippen LogP contribution in [-0.4, -0.2) is 70.4 Å². The van der Waals surface area contributed by atoms with Crippen LogP contribution in [0, 0.1) is 0 Å². The number of fused-ring (bicyclic) bond motifs is 3. The highest BCUT2D eigenvalue weighted by Gasteiger charge is 2.35. The van der Waals surface area contributed by atoms with Gasteiger partial charge in [-0.25, -0.2) is 4.98 Å². The molecule has 3 aromatic carbocycles. The molecule has 2 aliphatic rings. The molecule has 3 amide bonds. The number of hydrogen-bond acceptors (Lipinski definition) is 8. The average Bonchev–Trinajstić information content (AvgIpc) is 3.82. The van der Waals surface area contributed by atoms with Crippen LogP contribution in [0.3, 0.4) is 0 Å². The lowest BCUT2D eigenvalue weighted by molar-refractivity contribution is -0.142. The van der Waals surface area contributed by atoms with Crippen molar-refractivity contribution in [2.75, 3.05) is 20.1 Å². The number of carbonyl (C=O) groups is 3. The number of amides is 3. The quantitative estimate of drug-likeness (QED) is 0.138. The molecule has 1 aliphatic carbocycles. The van der Waals surface area contributed by atoms with E-state index in [1.54, 1.807) is 13.4 Å². The number of aromatic nitrogens is 2. The predicted octanol–water partition coefficient (Wildman–Crippen LogP) is 5.19. The molecule has 55 heavy (non-hydrogen) atoms. The molecule has 7 N–H and O–H groups in total. The minimum atomic E-state index is -0.869. The molecule has 0 radical (unpaired) electrons. The van der Waals surface area contributed by atoms with Gasteiger partial charge in [0.25, 0.3) is 0 Å². The SMILES string of the molecule is CN1C(=O)[C@H](CCCCN)NC(=O)[C@H](CCCN)NCc2ccccc2Sc2c(Cl)cc(-c3cn(C)cn3)cc2CNC(=O)[C@@H]1CC1=CCc2ccccc21. The molecule has 0 spiro atoms. The molecular formula is C42H51ClN8O3S. The Bertz CT molecular complexity index is 2030. The van der Waals surface area contributed by atoms with Gasteiger partial charge in [0, 0.05) is 55.2 Å². The Morgan fingerprint density at radius 1 is 0.873 bits per heavy atom. The van der Waals surface area contributed by atoms with Gasteiger partial charge in [-0.15, -0.1) is 0 Å². The van der Waals surface area contributed by atoms with Gasteiger partial charge in [0.1, 0.15) is 12.1 Å². The molecule has 0 unspecified atom stereocenters. The van der Waals surface area contributed by atoms with Gasteiger partial charge in [-0.3, -0.25) is 14.4 Å². The summed E-state index contributed by atoms with van der Waals surface area (Å²) in [4.78, 5) is 51.0. The maximum absolute atomic E-state index is 14.6. The van der Waals surface area contributed by atoms with E-state index >= 15 is 0 Å². The van der Waals surface area contributed by atoms with E-state index in [1.807, 2.05) is 66.3 Å². The van der Waals surface area contributed by atoms with Crippen LogP contribution < -0.4 is 27.4 Å². The lowest BCUT2D eigenvalue weighted by Gasteiger charge is -2.32. The van der Waals surface area contributed by atoms with Crippen LogP contribution in [0.2, 0.25) is 5.02 Å². The Labute approximate surface area is 332 Å². The Balaban J connectivity index is 1.43. The molecule has 2 heterocycles. The molecule has 0 saturated heterocycles. The summed E-state index contributed by atoms with van der Waals surface area (Å²) in [7, 11) is 3.57. The maximum atomic E-state index is 14.6. The zero-order valence-electron chi connectivity index (χ0n) is 31.5. The van der Waals surface area contributed by atoms with E-state index in [-0.39, 0.29) is 24.3 Å². The van der Waals surface area contributed by atoms with Crippen molar-refractivity contribution in [3.05, 3.63) is 107 Å². The monoisotopic (exact) mass is 782 g/mol. The van der Waals surface area contributed by atoms with E-state index < -0.39 is 18.1 Å². The van der Waals surface area contributed by atoms with E-state index in [4.69, 9.17) is 23.1 Å². The van der Waals surface area contributed by atoms with Crippen molar-refractivity contribution in [1.29, 1.82) is 0 Å². The first-order valence-corrected chi connectivity index (χ1v) is 20.2. The summed E-state index contributed by atoms with van der Waals surface area (Å²) in [6.45, 7) is 1.44. The molecule has 0 saturated carbocycles. The highest BCUT2D eigenvalue weighted by atomic mass is 35.5. The molecule has 6 rings (SSSR count). The second-order valence-corrected chi connectivity index (χ2v) is 15.7. The van der Waals surface area contributed by atoms with Crippen molar-refractivity contribution in [3.8, 4) is 11.3 Å². The number of nitrogens with zero attached hydrogens (tertiary/aromatic N) is 3. The number of rotatable bonds is 10. The third-order valence-electron chi connectivity index (χ3n) is 10.3. The van der Waals surface area contributed by atoms with Crippen molar-refractivity contribution < 1.29 is 14.4 Å². The number of hydrogen-bond donors (Lipinski definition) is 5. The molecule has 4 aromatic rings. The summed E-state index contributed by atoms with van der Waals surface area (Å²) in [5.41, 5.74) is 18.4. The number of benzene rings is 3. The van der Waals surface area contributed by atoms with Crippen LogP contribution >= 0.6 is 23.4 Å². The van der Waals surface area contributed by atoms with Crippen LogP contribution in [0.15, 0.2) is 89.1 Å². The number of nitrogens with two attached hydrogens (primary N) is 2. The topological polar surface area (TPSA) is 160 Å². The highest BCUT2D eigenvalue weighted by Crippen LogP contribution is 2.40. The molecule has 3 atom stereocenters. The van der Waals surface area contributed by atoms with Crippen molar-refractivity contribution in [2.45, 2.75) is 86.0 Å². The molecule has 1 aromatic heterocycles. The van der Waals surface area contributed by atoms with Crippen LogP contribution in [0.1, 0.15) is 60.8 Å². The summed E-state index contributed by atoms with van der Waals surface area (Å²) in [6, 6.07) is 17.7. The number of halogens is 1. The Morgan fingerprint density at radius 3 is 2.38 bits per heavy atom. The first kappa shape index (κ1) is 40.2. The van der Waals surface area contributed by atoms with Gasteiger partial charge < -0.3 is 36.9 Å². The van der Waals surface area contributed by atoms with E-state index in [9.17, 15) is 14.4 Å². The first-order chi connectivity index (χ1) is 26.7. The molecular weight excluding hydrogens is 732 g/mol. The number of aryl methyl sites for hydroxylation is 1. The summed E-state index contributed by atoms with van der Waals surface area (Å²) in [6.07, 6.45) is 9.68. The maximum Gasteiger partial charge on any atom is 0.245 e.